The first-order valence-electron chi connectivity index (χ1n) is 12.0. The Balaban J connectivity index is 1.43. The van der Waals surface area contributed by atoms with Crippen LogP contribution in [-0.4, -0.2) is 66.1 Å². The Morgan fingerprint density at radius 1 is 1.36 bits per heavy atom. The molecule has 3 aromatic rings. The molecular weight excluding hydrogens is 489 g/mol. The van der Waals surface area contributed by atoms with Crippen LogP contribution < -0.4 is 10.1 Å². The number of oxazole rings is 1. The summed E-state index contributed by atoms with van der Waals surface area (Å²) in [7, 11) is 1.49. The summed E-state index contributed by atoms with van der Waals surface area (Å²) >= 11 is 6.06. The van der Waals surface area contributed by atoms with E-state index in [1.807, 2.05) is 11.8 Å². The van der Waals surface area contributed by atoms with Crippen molar-refractivity contribution in [3.63, 3.8) is 0 Å². The zero-order valence-electron chi connectivity index (χ0n) is 20.1. The largest absolute Gasteiger partial charge is 0.493 e. The van der Waals surface area contributed by atoms with E-state index in [-0.39, 0.29) is 36.1 Å². The molecule has 2 N–H and O–H groups in total. The van der Waals surface area contributed by atoms with E-state index in [4.69, 9.17) is 25.5 Å². The number of nitrogens with one attached hydrogen (secondary N) is 1. The lowest BCUT2D eigenvalue weighted by atomic mass is 9.76. The van der Waals surface area contributed by atoms with E-state index in [2.05, 4.69) is 10.3 Å². The van der Waals surface area contributed by atoms with Crippen LogP contribution in [0, 0.1) is 5.92 Å². The van der Waals surface area contributed by atoms with Gasteiger partial charge >= 0.3 is 0 Å². The van der Waals surface area contributed by atoms with Gasteiger partial charge in [-0.1, -0.05) is 23.7 Å². The lowest BCUT2D eigenvalue weighted by Crippen LogP contribution is -2.57. The minimum absolute atomic E-state index is 0.0900. The number of nitrogens with zero attached hydrogens (tertiary/aromatic N) is 2. The third-order valence-electron chi connectivity index (χ3n) is 6.99. The fourth-order valence-electron chi connectivity index (χ4n) is 4.97. The number of halogens is 2. The summed E-state index contributed by atoms with van der Waals surface area (Å²) in [5.74, 6) is 0.400. The summed E-state index contributed by atoms with van der Waals surface area (Å²) in [5, 5.41) is 13.3. The number of aliphatic hydroxyl groups is 1. The number of aromatic nitrogens is 1. The molecule has 2 heterocycles. The van der Waals surface area contributed by atoms with Gasteiger partial charge in [-0.05, 0) is 55.5 Å². The molecule has 8 nitrogen and oxygen atoms in total. The van der Waals surface area contributed by atoms with Crippen molar-refractivity contribution >= 4 is 34.6 Å². The summed E-state index contributed by atoms with van der Waals surface area (Å²) in [6.45, 7) is 2.13. The van der Waals surface area contributed by atoms with Crippen molar-refractivity contribution in [3.05, 3.63) is 52.5 Å². The second-order valence-electron chi connectivity index (χ2n) is 9.51. The topological polar surface area (TPSA) is 97.1 Å². The maximum absolute atomic E-state index is 13.9. The fourth-order valence-corrected chi connectivity index (χ4v) is 5.17. The Bertz CT molecular complexity index is 1250. The second kappa shape index (κ2) is 10.2. The van der Waals surface area contributed by atoms with Gasteiger partial charge in [-0.3, -0.25) is 4.79 Å². The number of anilines is 1. The van der Waals surface area contributed by atoms with Crippen molar-refractivity contribution in [3.8, 4) is 5.75 Å². The first-order chi connectivity index (χ1) is 17.4. The molecule has 3 atom stereocenters. The number of methoxy groups -OCH3 is 1. The van der Waals surface area contributed by atoms with Crippen LogP contribution in [0.5, 0.6) is 5.75 Å². The number of rotatable bonds is 7. The Hall–Kier alpha value is -2.88. The highest BCUT2D eigenvalue weighted by Gasteiger charge is 2.42. The molecule has 2 aliphatic rings. The second-order valence-corrected chi connectivity index (χ2v) is 9.94. The molecule has 1 aliphatic heterocycles. The van der Waals surface area contributed by atoms with Crippen LogP contribution in [0.1, 0.15) is 41.7 Å². The normalized spacial score (nSPS) is 24.9. The number of alkyl halides is 1. The first kappa shape index (κ1) is 24.8. The number of morpholine rings is 1. The quantitative estimate of drug-likeness (QED) is 0.472. The molecule has 192 valence electrons. The van der Waals surface area contributed by atoms with Crippen molar-refractivity contribution in [2.24, 2.45) is 5.92 Å². The van der Waals surface area contributed by atoms with E-state index in [0.29, 0.717) is 59.0 Å². The molecule has 1 aromatic heterocycles. The van der Waals surface area contributed by atoms with Crippen molar-refractivity contribution in [2.75, 3.05) is 32.3 Å². The zero-order valence-corrected chi connectivity index (χ0v) is 20.9. The number of amides is 1. The predicted molar refractivity (Wildman–Crippen MR) is 133 cm³/mol. The maximum Gasteiger partial charge on any atom is 0.296 e. The van der Waals surface area contributed by atoms with Gasteiger partial charge in [0.2, 0.25) is 0 Å². The predicted octanol–water partition coefficient (Wildman–Crippen LogP) is 4.61. The number of benzene rings is 2. The molecule has 2 unspecified atom stereocenters. The summed E-state index contributed by atoms with van der Waals surface area (Å²) in [6, 6.07) is 9.51. The van der Waals surface area contributed by atoms with E-state index < -0.39 is 12.7 Å². The van der Waals surface area contributed by atoms with Crippen molar-refractivity contribution < 1.29 is 28.2 Å². The van der Waals surface area contributed by atoms with Crippen LogP contribution in [0.2, 0.25) is 5.02 Å². The van der Waals surface area contributed by atoms with Crippen LogP contribution in [0.4, 0.5) is 10.4 Å². The van der Waals surface area contributed by atoms with Gasteiger partial charge < -0.3 is 29.2 Å². The number of carbonyl (C=O) groups is 1. The standard InChI is InChI=1S/C26H29ClFN3O5/c1-14-12-31(22(13-35-14)16-7-19(32)8-16)25(33)17-9-20-24(23(10-17)34-2)36-26(29-20)30-21(11-28)15-4-3-5-18(27)6-15/h3-6,9-10,14,16,19,21-22,32H,7-8,11-13H2,1-2H3,(H,29,30)/t14?,16?,19?,21-,22?/m0/s1. The van der Waals surface area contributed by atoms with E-state index in [0.717, 1.165) is 0 Å². The van der Waals surface area contributed by atoms with Crippen molar-refractivity contribution in [1.82, 2.24) is 9.88 Å². The SMILES string of the molecule is COc1cc(C(=O)N2CC(C)OCC2C2CC(O)C2)cc2nc(N[C@@H](CF)c3cccc(Cl)c3)oc12. The van der Waals surface area contributed by atoms with E-state index in [9.17, 15) is 14.3 Å². The fraction of sp³-hybridized carbons (Fsp3) is 0.462. The minimum atomic E-state index is -0.711. The summed E-state index contributed by atoms with van der Waals surface area (Å²) < 4.78 is 31.0. The Kier molecular flexibility index (Phi) is 7.05. The van der Waals surface area contributed by atoms with Gasteiger partial charge in [0, 0.05) is 17.1 Å². The number of hydrogen-bond donors (Lipinski definition) is 2. The van der Waals surface area contributed by atoms with Gasteiger partial charge in [-0.15, -0.1) is 0 Å². The lowest BCUT2D eigenvalue weighted by molar-refractivity contribution is -0.0894. The van der Waals surface area contributed by atoms with Crippen LogP contribution >= 0.6 is 11.6 Å². The van der Waals surface area contributed by atoms with Crippen LogP contribution in [0.15, 0.2) is 40.8 Å². The van der Waals surface area contributed by atoms with Crippen molar-refractivity contribution in [2.45, 2.75) is 44.1 Å². The molecule has 36 heavy (non-hydrogen) atoms. The molecule has 5 rings (SSSR count). The molecule has 2 aromatic carbocycles. The van der Waals surface area contributed by atoms with Crippen LogP contribution in [-0.2, 0) is 4.74 Å². The Morgan fingerprint density at radius 2 is 2.17 bits per heavy atom. The average molecular weight is 518 g/mol. The highest BCUT2D eigenvalue weighted by molar-refractivity contribution is 6.30. The minimum Gasteiger partial charge on any atom is -0.493 e. The molecule has 2 fully saturated rings. The zero-order chi connectivity index (χ0) is 25.4. The summed E-state index contributed by atoms with van der Waals surface area (Å²) in [5.41, 5.74) is 1.84. The number of hydrogen-bond acceptors (Lipinski definition) is 7. The van der Waals surface area contributed by atoms with E-state index in [1.54, 1.807) is 36.4 Å². The first-order valence-corrected chi connectivity index (χ1v) is 12.4. The highest BCUT2D eigenvalue weighted by atomic mass is 35.5. The van der Waals surface area contributed by atoms with Gasteiger partial charge in [0.15, 0.2) is 11.3 Å². The monoisotopic (exact) mass is 517 g/mol. The number of ether oxygens (including phenoxy) is 2. The number of carbonyl (C=O) groups excluding carboxylic acids is 1. The summed E-state index contributed by atoms with van der Waals surface area (Å²) in [6.07, 6.45) is 0.918. The van der Waals surface area contributed by atoms with Gasteiger partial charge in [0.1, 0.15) is 12.2 Å². The molecule has 10 heteroatoms. The Morgan fingerprint density at radius 3 is 2.86 bits per heavy atom. The highest BCUT2D eigenvalue weighted by Crippen LogP contribution is 2.37. The van der Waals surface area contributed by atoms with Crippen LogP contribution in [0.3, 0.4) is 0 Å². The molecule has 1 saturated carbocycles. The number of aliphatic hydroxyl groups excluding tert-OH is 1. The molecular formula is C26H29ClFN3O5. The van der Waals surface area contributed by atoms with Crippen LogP contribution in [0.25, 0.3) is 11.1 Å². The molecule has 1 aliphatic carbocycles. The third-order valence-corrected chi connectivity index (χ3v) is 7.22. The molecule has 0 spiro atoms. The molecule has 0 radical (unpaired) electrons. The number of fused-ring (bicyclic) bond motifs is 1. The lowest BCUT2D eigenvalue weighted by Gasteiger charge is -2.47. The summed E-state index contributed by atoms with van der Waals surface area (Å²) in [4.78, 5) is 20.0. The maximum atomic E-state index is 13.9. The van der Waals surface area contributed by atoms with Gasteiger partial charge in [-0.25, -0.2) is 4.39 Å². The van der Waals surface area contributed by atoms with Gasteiger partial charge in [-0.2, -0.15) is 4.98 Å². The third kappa shape index (κ3) is 4.87. The average Bonchev–Trinajstić information content (AvgIpc) is 3.27. The Labute approximate surface area is 213 Å². The van der Waals surface area contributed by atoms with E-state index >= 15 is 0 Å². The molecule has 0 bridgehead atoms. The van der Waals surface area contributed by atoms with Crippen molar-refractivity contribution in [1.29, 1.82) is 0 Å². The molecule has 1 amide bonds. The molecule has 1 saturated heterocycles. The van der Waals surface area contributed by atoms with Gasteiger partial charge in [0.05, 0.1) is 38.0 Å². The van der Waals surface area contributed by atoms with E-state index in [1.165, 1.54) is 7.11 Å². The smallest absolute Gasteiger partial charge is 0.296 e. The van der Waals surface area contributed by atoms with Gasteiger partial charge in [0.25, 0.3) is 11.9 Å².